The van der Waals surface area contributed by atoms with Gasteiger partial charge in [-0.25, -0.2) is 4.79 Å². The number of fused-ring (bicyclic) bond motifs is 2. The highest BCUT2D eigenvalue weighted by Gasteiger charge is 2.37. The maximum atomic E-state index is 12.5. The summed E-state index contributed by atoms with van der Waals surface area (Å²) in [4.78, 5) is 26.0. The Bertz CT molecular complexity index is 948. The largest absolute Gasteiger partial charge is 0.547 e. The number of hydrogen-bond donors (Lipinski definition) is 3. The minimum atomic E-state index is -1.30. The number of amides is 1. The number of nitrogens with one attached hydrogen (secondary N) is 1. The lowest BCUT2D eigenvalue weighted by atomic mass is 9.72. The summed E-state index contributed by atoms with van der Waals surface area (Å²) < 4.78 is 5.41. The van der Waals surface area contributed by atoms with Crippen LogP contribution in [0.15, 0.2) is 36.4 Å². The summed E-state index contributed by atoms with van der Waals surface area (Å²) in [5, 5.41) is 22.3. The molecular weight excluding hydrogens is 359 g/mol. The van der Waals surface area contributed by atoms with Crippen LogP contribution in [0.1, 0.15) is 32.6 Å². The quantitative estimate of drug-likeness (QED) is 0.685. The Morgan fingerprint density at radius 3 is 2.79 bits per heavy atom. The van der Waals surface area contributed by atoms with E-state index in [1.165, 1.54) is 17.2 Å². The Morgan fingerprint density at radius 2 is 2.00 bits per heavy atom. The van der Waals surface area contributed by atoms with Crippen LogP contribution in [-0.2, 0) is 30.7 Å². The third-order valence-corrected chi connectivity index (χ3v) is 5.21. The van der Waals surface area contributed by atoms with Crippen molar-refractivity contribution in [1.29, 1.82) is 0 Å². The lowest BCUT2D eigenvalue weighted by Crippen LogP contribution is -2.53. The number of benzene rings is 2. The summed E-state index contributed by atoms with van der Waals surface area (Å²) in [7, 11) is 0.760. The minimum absolute atomic E-state index is 0.00411. The van der Waals surface area contributed by atoms with E-state index in [9.17, 15) is 19.7 Å². The summed E-state index contributed by atoms with van der Waals surface area (Å²) in [6.45, 7) is 1.80. The molecule has 0 spiro atoms. The van der Waals surface area contributed by atoms with Crippen molar-refractivity contribution in [2.24, 2.45) is 0 Å². The number of para-hydroxylation sites is 1. The third-order valence-electron chi connectivity index (χ3n) is 5.21. The zero-order chi connectivity index (χ0) is 19.8. The molecule has 1 unspecified atom stereocenters. The maximum Gasteiger partial charge on any atom is 0.547 e. The van der Waals surface area contributed by atoms with E-state index >= 15 is 0 Å². The standard InChI is InChI=1S/C20H21BN2O5/c1-23-10-14-6-5-12(7-15(14)11-23)8-18(24)22-17-9-13-3-2-4-16(20(25)26)19(13)28-21(17)27/h2-7,17,27H,8-11H2,1H3,(H,22,24)(H,25,26). The highest BCUT2D eigenvalue weighted by atomic mass is 16.5. The lowest BCUT2D eigenvalue weighted by molar-refractivity contribution is -0.120. The molecule has 8 heteroatoms. The van der Waals surface area contributed by atoms with Crippen LogP contribution in [0.5, 0.6) is 5.75 Å². The molecule has 0 fully saturated rings. The minimum Gasteiger partial charge on any atom is -0.534 e. The SMILES string of the molecule is CN1Cc2ccc(CC(=O)NC3Cc4cccc(C(=O)O)c4OB3O)cc2C1. The molecule has 3 N–H and O–H groups in total. The van der Waals surface area contributed by atoms with E-state index in [0.717, 1.165) is 18.7 Å². The monoisotopic (exact) mass is 380 g/mol. The molecule has 4 rings (SSSR count). The predicted octanol–water partition coefficient (Wildman–Crippen LogP) is 1.01. The van der Waals surface area contributed by atoms with Crippen LogP contribution in [0.25, 0.3) is 0 Å². The van der Waals surface area contributed by atoms with E-state index in [-0.39, 0.29) is 23.6 Å². The van der Waals surface area contributed by atoms with E-state index in [1.54, 1.807) is 12.1 Å². The average Bonchev–Trinajstić information content (AvgIpc) is 3.01. The van der Waals surface area contributed by atoms with Crippen LogP contribution in [0, 0.1) is 0 Å². The number of carboxylic acid groups (broad SMARTS) is 1. The summed E-state index contributed by atoms with van der Waals surface area (Å²) in [5.41, 5.74) is 4.10. The fourth-order valence-corrected chi connectivity index (χ4v) is 3.89. The van der Waals surface area contributed by atoms with E-state index in [4.69, 9.17) is 4.65 Å². The van der Waals surface area contributed by atoms with E-state index < -0.39 is 19.0 Å². The molecule has 0 bridgehead atoms. The first kappa shape index (κ1) is 18.5. The Kier molecular flexibility index (Phi) is 4.83. The van der Waals surface area contributed by atoms with Gasteiger partial charge < -0.3 is 20.1 Å². The molecule has 2 aliphatic rings. The van der Waals surface area contributed by atoms with E-state index in [0.29, 0.717) is 12.0 Å². The zero-order valence-corrected chi connectivity index (χ0v) is 15.5. The molecule has 0 aromatic heterocycles. The zero-order valence-electron chi connectivity index (χ0n) is 15.5. The Balaban J connectivity index is 1.43. The van der Waals surface area contributed by atoms with Crippen LogP contribution < -0.4 is 9.97 Å². The van der Waals surface area contributed by atoms with Crippen molar-refractivity contribution in [2.75, 3.05) is 7.05 Å². The van der Waals surface area contributed by atoms with Crippen molar-refractivity contribution in [3.05, 3.63) is 64.2 Å². The average molecular weight is 380 g/mol. The molecule has 7 nitrogen and oxygen atoms in total. The van der Waals surface area contributed by atoms with Crippen LogP contribution in [0.4, 0.5) is 0 Å². The second-order valence-corrected chi connectivity index (χ2v) is 7.44. The number of hydrogen-bond acceptors (Lipinski definition) is 5. The van der Waals surface area contributed by atoms with Gasteiger partial charge in [0.25, 0.3) is 0 Å². The highest BCUT2D eigenvalue weighted by molar-refractivity contribution is 6.47. The van der Waals surface area contributed by atoms with Gasteiger partial charge in [-0.15, -0.1) is 0 Å². The Morgan fingerprint density at radius 1 is 1.21 bits per heavy atom. The predicted molar refractivity (Wildman–Crippen MR) is 103 cm³/mol. The summed E-state index contributed by atoms with van der Waals surface area (Å²) in [5.74, 6) is -1.80. The molecule has 0 saturated heterocycles. The van der Waals surface area contributed by atoms with Gasteiger partial charge in [0.15, 0.2) is 0 Å². The first-order chi connectivity index (χ1) is 13.4. The van der Waals surface area contributed by atoms with Crippen molar-refractivity contribution in [3.8, 4) is 5.75 Å². The van der Waals surface area contributed by atoms with Crippen LogP contribution in [0.3, 0.4) is 0 Å². The lowest BCUT2D eigenvalue weighted by Gasteiger charge is -2.28. The second-order valence-electron chi connectivity index (χ2n) is 7.44. The fourth-order valence-electron chi connectivity index (χ4n) is 3.89. The number of nitrogens with zero attached hydrogens (tertiary/aromatic N) is 1. The van der Waals surface area contributed by atoms with E-state index in [2.05, 4.69) is 29.4 Å². The van der Waals surface area contributed by atoms with Crippen molar-refractivity contribution >= 4 is 19.0 Å². The molecule has 2 aromatic carbocycles. The van der Waals surface area contributed by atoms with Crippen molar-refractivity contribution in [1.82, 2.24) is 10.2 Å². The number of rotatable bonds is 4. The molecule has 2 heterocycles. The van der Waals surface area contributed by atoms with Gasteiger partial charge in [0.2, 0.25) is 5.91 Å². The van der Waals surface area contributed by atoms with Crippen molar-refractivity contribution < 1.29 is 24.4 Å². The molecule has 0 aliphatic carbocycles. The molecule has 0 saturated carbocycles. The topological polar surface area (TPSA) is 99.1 Å². The molecule has 0 radical (unpaired) electrons. The second kappa shape index (κ2) is 7.29. The number of carboxylic acids is 1. The molecular formula is C20H21BN2O5. The first-order valence-electron chi connectivity index (χ1n) is 9.19. The van der Waals surface area contributed by atoms with Crippen molar-refractivity contribution in [3.63, 3.8) is 0 Å². The maximum absolute atomic E-state index is 12.5. The summed E-state index contributed by atoms with van der Waals surface area (Å²) in [6.07, 6.45) is 0.514. The molecule has 2 aliphatic heterocycles. The van der Waals surface area contributed by atoms with Gasteiger partial charge in [-0.1, -0.05) is 30.3 Å². The molecule has 2 aromatic rings. The van der Waals surface area contributed by atoms with Gasteiger partial charge in [-0.05, 0) is 41.8 Å². The van der Waals surface area contributed by atoms with Gasteiger partial charge in [-0.2, -0.15) is 0 Å². The van der Waals surface area contributed by atoms with Gasteiger partial charge in [-0.3, -0.25) is 9.69 Å². The molecule has 1 atom stereocenters. The third kappa shape index (κ3) is 3.61. The normalized spacial score (nSPS) is 18.2. The Hall–Kier alpha value is -2.84. The fraction of sp³-hybridized carbons (Fsp3) is 0.300. The summed E-state index contributed by atoms with van der Waals surface area (Å²) in [6, 6.07) is 10.9. The van der Waals surface area contributed by atoms with E-state index in [1.807, 2.05) is 6.07 Å². The highest BCUT2D eigenvalue weighted by Crippen LogP contribution is 2.30. The van der Waals surface area contributed by atoms with Gasteiger partial charge in [0.1, 0.15) is 5.75 Å². The van der Waals surface area contributed by atoms with Crippen LogP contribution in [-0.4, -0.2) is 47.0 Å². The Labute approximate surface area is 163 Å². The van der Waals surface area contributed by atoms with Crippen LogP contribution >= 0.6 is 0 Å². The van der Waals surface area contributed by atoms with Gasteiger partial charge in [0.05, 0.1) is 17.9 Å². The van der Waals surface area contributed by atoms with Crippen LogP contribution in [0.2, 0.25) is 0 Å². The van der Waals surface area contributed by atoms with Gasteiger partial charge >= 0.3 is 13.1 Å². The number of carbonyl (C=O) groups excluding carboxylic acids is 1. The van der Waals surface area contributed by atoms with Gasteiger partial charge in [0, 0.05) is 13.1 Å². The summed E-state index contributed by atoms with van der Waals surface area (Å²) >= 11 is 0. The molecule has 144 valence electrons. The first-order valence-corrected chi connectivity index (χ1v) is 9.19. The number of aromatic carboxylic acids is 1. The van der Waals surface area contributed by atoms with Crippen molar-refractivity contribution in [2.45, 2.75) is 31.9 Å². The smallest absolute Gasteiger partial charge is 0.534 e. The number of carbonyl (C=O) groups is 2. The molecule has 1 amide bonds. The molecule has 28 heavy (non-hydrogen) atoms.